The Hall–Kier alpha value is -2.72. The van der Waals surface area contributed by atoms with Gasteiger partial charge in [0, 0.05) is 38.6 Å². The summed E-state index contributed by atoms with van der Waals surface area (Å²) in [5, 5.41) is 0. The van der Waals surface area contributed by atoms with Gasteiger partial charge in [0.25, 0.3) is 0 Å². The zero-order valence-corrected chi connectivity index (χ0v) is 16.4. The van der Waals surface area contributed by atoms with E-state index in [9.17, 15) is 13.2 Å². The fourth-order valence-electron chi connectivity index (χ4n) is 2.84. The molecule has 0 bridgehead atoms. The van der Waals surface area contributed by atoms with Crippen LogP contribution in [0.5, 0.6) is 5.75 Å². The van der Waals surface area contributed by atoms with Crippen molar-refractivity contribution < 1.29 is 17.9 Å². The third-order valence-corrected chi connectivity index (χ3v) is 5.74. The molecule has 0 saturated carbocycles. The summed E-state index contributed by atoms with van der Waals surface area (Å²) in [6.45, 7) is 4.25. The SMILES string of the molecule is CCOc1ccc(S(=O)(=O)NCC(=O)N2CCN(c3ncccn3)CC2)cc1. The zero-order valence-electron chi connectivity index (χ0n) is 15.6. The highest BCUT2D eigenvalue weighted by atomic mass is 32.2. The number of hydrogen-bond acceptors (Lipinski definition) is 7. The molecule has 1 amide bonds. The van der Waals surface area contributed by atoms with E-state index in [1.807, 2.05) is 11.8 Å². The van der Waals surface area contributed by atoms with Crippen molar-refractivity contribution in [3.8, 4) is 5.75 Å². The van der Waals surface area contributed by atoms with Crippen molar-refractivity contribution in [3.63, 3.8) is 0 Å². The van der Waals surface area contributed by atoms with Crippen LogP contribution in [0, 0.1) is 0 Å². The number of piperazine rings is 1. The fourth-order valence-corrected chi connectivity index (χ4v) is 3.82. The standard InChI is InChI=1S/C18H23N5O4S/c1-2-27-15-4-6-16(7-5-15)28(25,26)21-14-17(24)22-10-12-23(13-11-22)18-19-8-3-9-20-18/h3-9,21H,2,10-14H2,1H3. The van der Waals surface area contributed by atoms with Crippen molar-refractivity contribution in [1.29, 1.82) is 0 Å². The van der Waals surface area contributed by atoms with E-state index in [1.54, 1.807) is 35.5 Å². The monoisotopic (exact) mass is 405 g/mol. The minimum atomic E-state index is -3.76. The van der Waals surface area contributed by atoms with Crippen LogP contribution < -0.4 is 14.4 Å². The van der Waals surface area contributed by atoms with Gasteiger partial charge < -0.3 is 14.5 Å². The second-order valence-corrected chi connectivity index (χ2v) is 7.91. The fraction of sp³-hybridized carbons (Fsp3) is 0.389. The van der Waals surface area contributed by atoms with Crippen molar-refractivity contribution in [2.24, 2.45) is 0 Å². The van der Waals surface area contributed by atoms with E-state index >= 15 is 0 Å². The molecular weight excluding hydrogens is 382 g/mol. The van der Waals surface area contributed by atoms with Crippen LogP contribution in [0.2, 0.25) is 0 Å². The summed E-state index contributed by atoms with van der Waals surface area (Å²) >= 11 is 0. The van der Waals surface area contributed by atoms with Gasteiger partial charge in [0.2, 0.25) is 21.9 Å². The maximum atomic E-state index is 12.4. The molecule has 1 saturated heterocycles. The smallest absolute Gasteiger partial charge is 0.241 e. The Bertz CT molecular complexity index is 882. The summed E-state index contributed by atoms with van der Waals surface area (Å²) in [6, 6.07) is 7.84. The molecule has 28 heavy (non-hydrogen) atoms. The lowest BCUT2D eigenvalue weighted by molar-refractivity contribution is -0.130. The Labute approximate surface area is 164 Å². The van der Waals surface area contributed by atoms with Crippen molar-refractivity contribution >= 4 is 21.9 Å². The number of nitrogens with one attached hydrogen (secondary N) is 1. The molecule has 1 N–H and O–H groups in total. The van der Waals surface area contributed by atoms with Gasteiger partial charge in [-0.15, -0.1) is 0 Å². The summed E-state index contributed by atoms with van der Waals surface area (Å²) in [6.07, 6.45) is 3.35. The molecule has 2 heterocycles. The van der Waals surface area contributed by atoms with E-state index in [-0.39, 0.29) is 17.3 Å². The molecule has 0 spiro atoms. The topological polar surface area (TPSA) is 105 Å². The van der Waals surface area contributed by atoms with Crippen molar-refractivity contribution in [1.82, 2.24) is 19.6 Å². The molecule has 9 nitrogen and oxygen atoms in total. The second kappa shape index (κ2) is 8.98. The number of rotatable bonds is 7. The highest BCUT2D eigenvalue weighted by Gasteiger charge is 2.24. The molecule has 150 valence electrons. The van der Waals surface area contributed by atoms with Gasteiger partial charge in [-0.2, -0.15) is 0 Å². The van der Waals surface area contributed by atoms with Crippen LogP contribution in [0.3, 0.4) is 0 Å². The maximum Gasteiger partial charge on any atom is 0.241 e. The first-order valence-electron chi connectivity index (χ1n) is 9.02. The second-order valence-electron chi connectivity index (χ2n) is 6.15. The lowest BCUT2D eigenvalue weighted by Crippen LogP contribution is -2.51. The number of nitrogens with zero attached hydrogens (tertiary/aromatic N) is 4. The Morgan fingerprint density at radius 3 is 2.36 bits per heavy atom. The first-order valence-corrected chi connectivity index (χ1v) is 10.5. The Morgan fingerprint density at radius 2 is 1.75 bits per heavy atom. The van der Waals surface area contributed by atoms with Gasteiger partial charge >= 0.3 is 0 Å². The Kier molecular flexibility index (Phi) is 6.42. The number of amides is 1. The molecular formula is C18H23N5O4S. The number of sulfonamides is 1. The third-order valence-electron chi connectivity index (χ3n) is 4.33. The van der Waals surface area contributed by atoms with Gasteiger partial charge in [0.15, 0.2) is 0 Å². The average molecular weight is 405 g/mol. The van der Waals surface area contributed by atoms with Crippen LogP contribution in [0.4, 0.5) is 5.95 Å². The molecule has 1 aliphatic heterocycles. The molecule has 1 aliphatic rings. The number of benzene rings is 1. The minimum absolute atomic E-state index is 0.0924. The van der Waals surface area contributed by atoms with Crippen LogP contribution in [-0.4, -0.2) is 68.5 Å². The summed E-state index contributed by atoms with van der Waals surface area (Å²) in [5.41, 5.74) is 0. The number of aromatic nitrogens is 2. The van der Waals surface area contributed by atoms with E-state index in [0.717, 1.165) is 0 Å². The van der Waals surface area contributed by atoms with Crippen LogP contribution in [0.1, 0.15) is 6.92 Å². The summed E-state index contributed by atoms with van der Waals surface area (Å²) in [4.78, 5) is 24.5. The zero-order chi connectivity index (χ0) is 20.0. The van der Waals surface area contributed by atoms with Gasteiger partial charge in [-0.05, 0) is 37.3 Å². The number of carbonyl (C=O) groups excluding carboxylic acids is 1. The van der Waals surface area contributed by atoms with Gasteiger partial charge in [0.1, 0.15) is 5.75 Å². The summed E-state index contributed by atoms with van der Waals surface area (Å²) in [7, 11) is -3.76. The minimum Gasteiger partial charge on any atom is -0.494 e. The molecule has 0 aliphatic carbocycles. The van der Waals surface area contributed by atoms with Crippen LogP contribution in [0.15, 0.2) is 47.6 Å². The van der Waals surface area contributed by atoms with Crippen molar-refractivity contribution in [2.75, 3.05) is 44.2 Å². The van der Waals surface area contributed by atoms with Crippen LogP contribution in [-0.2, 0) is 14.8 Å². The molecule has 0 atom stereocenters. The van der Waals surface area contributed by atoms with Gasteiger partial charge in [-0.1, -0.05) is 0 Å². The normalized spacial score (nSPS) is 14.8. The van der Waals surface area contributed by atoms with E-state index in [1.165, 1.54) is 12.1 Å². The highest BCUT2D eigenvalue weighted by molar-refractivity contribution is 7.89. The van der Waals surface area contributed by atoms with Gasteiger partial charge in [0.05, 0.1) is 18.0 Å². The molecule has 1 fully saturated rings. The van der Waals surface area contributed by atoms with E-state index in [0.29, 0.717) is 44.5 Å². The quantitative estimate of drug-likeness (QED) is 0.715. The van der Waals surface area contributed by atoms with Crippen LogP contribution >= 0.6 is 0 Å². The van der Waals surface area contributed by atoms with Crippen molar-refractivity contribution in [3.05, 3.63) is 42.7 Å². The van der Waals surface area contributed by atoms with Gasteiger partial charge in [-0.3, -0.25) is 4.79 Å². The number of anilines is 1. The van der Waals surface area contributed by atoms with E-state index in [4.69, 9.17) is 4.74 Å². The molecule has 1 aromatic carbocycles. The van der Waals surface area contributed by atoms with Crippen molar-refractivity contribution in [2.45, 2.75) is 11.8 Å². The first-order chi connectivity index (χ1) is 13.5. The first kappa shape index (κ1) is 20.0. The highest BCUT2D eigenvalue weighted by Crippen LogP contribution is 2.16. The molecule has 2 aromatic rings. The van der Waals surface area contributed by atoms with E-state index in [2.05, 4.69) is 14.7 Å². The largest absolute Gasteiger partial charge is 0.494 e. The number of carbonyl (C=O) groups is 1. The van der Waals surface area contributed by atoms with E-state index < -0.39 is 10.0 Å². The van der Waals surface area contributed by atoms with Gasteiger partial charge in [-0.25, -0.2) is 23.1 Å². The summed E-state index contributed by atoms with van der Waals surface area (Å²) in [5.74, 6) is 0.965. The summed E-state index contributed by atoms with van der Waals surface area (Å²) < 4.78 is 32.4. The maximum absolute atomic E-state index is 12.4. The molecule has 0 radical (unpaired) electrons. The third kappa shape index (κ3) is 4.96. The average Bonchev–Trinajstić information content (AvgIpc) is 2.73. The van der Waals surface area contributed by atoms with Crippen LogP contribution in [0.25, 0.3) is 0 Å². The molecule has 1 aromatic heterocycles. The Balaban J connectivity index is 1.51. The number of ether oxygens (including phenoxy) is 1. The number of hydrogen-bond donors (Lipinski definition) is 1. The predicted molar refractivity (Wildman–Crippen MR) is 104 cm³/mol. The molecule has 0 unspecified atom stereocenters. The predicted octanol–water partition coefficient (Wildman–Crippen LogP) is 0.502. The molecule has 10 heteroatoms. The lowest BCUT2D eigenvalue weighted by atomic mass is 10.3. The lowest BCUT2D eigenvalue weighted by Gasteiger charge is -2.34. The Morgan fingerprint density at radius 1 is 1.11 bits per heavy atom. The molecule has 3 rings (SSSR count).